The molecule has 3 nitrogen and oxygen atoms in total. The summed E-state index contributed by atoms with van der Waals surface area (Å²) in [5.74, 6) is -0.237. The number of likely N-dealkylation sites (N-methyl/N-ethyl adjacent to an activating group) is 2. The smallest absolute Gasteiger partial charge is 0.123 e. The van der Waals surface area contributed by atoms with Crippen LogP contribution in [0.2, 0.25) is 0 Å². The quantitative estimate of drug-likeness (QED) is 0.759. The fourth-order valence-electron chi connectivity index (χ4n) is 1.37. The molecule has 15 heavy (non-hydrogen) atoms. The van der Waals surface area contributed by atoms with Crippen LogP contribution in [0.25, 0.3) is 0 Å². The molecule has 0 heterocycles. The summed E-state index contributed by atoms with van der Waals surface area (Å²) in [6.07, 6.45) is 0. The van der Waals surface area contributed by atoms with Crippen molar-refractivity contribution in [3.05, 3.63) is 30.1 Å². The highest BCUT2D eigenvalue weighted by Crippen LogP contribution is 2.12. The van der Waals surface area contributed by atoms with Crippen molar-refractivity contribution < 1.29 is 9.50 Å². The van der Waals surface area contributed by atoms with Crippen molar-refractivity contribution in [1.29, 1.82) is 0 Å². The van der Waals surface area contributed by atoms with Crippen molar-refractivity contribution in [3.8, 4) is 0 Å². The Morgan fingerprint density at radius 1 is 1.40 bits per heavy atom. The molecular formula is C11H17FN2O. The van der Waals surface area contributed by atoms with Gasteiger partial charge in [0.25, 0.3) is 0 Å². The van der Waals surface area contributed by atoms with E-state index < -0.39 is 0 Å². The van der Waals surface area contributed by atoms with Gasteiger partial charge in [-0.2, -0.15) is 0 Å². The first-order valence-corrected chi connectivity index (χ1v) is 4.92. The van der Waals surface area contributed by atoms with Crippen LogP contribution in [0.4, 0.5) is 10.1 Å². The summed E-state index contributed by atoms with van der Waals surface area (Å²) < 4.78 is 12.7. The summed E-state index contributed by atoms with van der Waals surface area (Å²) in [7, 11) is 3.71. The molecule has 1 aromatic carbocycles. The number of nitrogens with one attached hydrogen (secondary N) is 1. The second kappa shape index (κ2) is 5.68. The van der Waals surface area contributed by atoms with Gasteiger partial charge in [0.2, 0.25) is 0 Å². The van der Waals surface area contributed by atoms with E-state index in [1.54, 1.807) is 19.2 Å². The molecule has 0 spiro atoms. The molecule has 0 aliphatic carbocycles. The lowest BCUT2D eigenvalue weighted by atomic mass is 10.2. The molecule has 0 fully saturated rings. The van der Waals surface area contributed by atoms with E-state index in [9.17, 15) is 4.39 Å². The van der Waals surface area contributed by atoms with E-state index in [4.69, 9.17) is 5.11 Å². The molecule has 1 unspecified atom stereocenters. The molecule has 0 aliphatic rings. The molecule has 0 bridgehead atoms. The highest BCUT2D eigenvalue weighted by molar-refractivity contribution is 5.45. The van der Waals surface area contributed by atoms with Gasteiger partial charge in [-0.25, -0.2) is 4.39 Å². The van der Waals surface area contributed by atoms with Crippen LogP contribution in [-0.4, -0.2) is 38.4 Å². The van der Waals surface area contributed by atoms with Crippen LogP contribution < -0.4 is 10.2 Å². The zero-order valence-electron chi connectivity index (χ0n) is 9.07. The Hall–Kier alpha value is -1.13. The Morgan fingerprint density at radius 3 is 2.47 bits per heavy atom. The second-order valence-corrected chi connectivity index (χ2v) is 3.53. The average molecular weight is 212 g/mol. The fraction of sp³-hybridized carbons (Fsp3) is 0.455. The third-order valence-electron chi connectivity index (χ3n) is 2.39. The largest absolute Gasteiger partial charge is 0.395 e. The minimum atomic E-state index is -0.237. The number of nitrogens with zero attached hydrogens (tertiary/aromatic N) is 1. The van der Waals surface area contributed by atoms with Gasteiger partial charge in [0.15, 0.2) is 0 Å². The molecule has 2 N–H and O–H groups in total. The molecule has 0 aromatic heterocycles. The molecule has 1 rings (SSSR count). The summed E-state index contributed by atoms with van der Waals surface area (Å²) in [6.45, 7) is 0.765. The molecule has 0 amide bonds. The van der Waals surface area contributed by atoms with E-state index in [1.807, 2.05) is 11.9 Å². The maximum atomic E-state index is 12.7. The van der Waals surface area contributed by atoms with Crippen LogP contribution >= 0.6 is 0 Å². The standard InChI is InChI=1S/C11H17FN2O/c1-13-10(8-15)7-14(2)11-5-3-9(12)4-6-11/h3-6,10,13,15H,7-8H2,1-2H3. The Labute approximate surface area is 89.5 Å². The number of hydrogen-bond acceptors (Lipinski definition) is 3. The van der Waals surface area contributed by atoms with Crippen LogP contribution in [0.3, 0.4) is 0 Å². The van der Waals surface area contributed by atoms with Gasteiger partial charge in [0.1, 0.15) is 5.82 Å². The van der Waals surface area contributed by atoms with Crippen LogP contribution in [-0.2, 0) is 0 Å². The Morgan fingerprint density at radius 2 is 2.00 bits per heavy atom. The van der Waals surface area contributed by atoms with Crippen LogP contribution in [0, 0.1) is 5.82 Å². The predicted molar refractivity (Wildman–Crippen MR) is 59.6 cm³/mol. The fourth-order valence-corrected chi connectivity index (χ4v) is 1.37. The summed E-state index contributed by atoms with van der Waals surface area (Å²) >= 11 is 0. The molecule has 1 atom stereocenters. The highest BCUT2D eigenvalue weighted by atomic mass is 19.1. The zero-order chi connectivity index (χ0) is 11.3. The minimum absolute atomic E-state index is 0.0278. The number of aliphatic hydroxyl groups is 1. The molecule has 4 heteroatoms. The summed E-state index contributed by atoms with van der Waals surface area (Å²) in [5, 5.41) is 12.0. The first kappa shape index (κ1) is 11.9. The molecule has 84 valence electrons. The molecule has 0 saturated carbocycles. The van der Waals surface area contributed by atoms with E-state index >= 15 is 0 Å². The Balaban J connectivity index is 2.60. The Kier molecular flexibility index (Phi) is 4.52. The van der Waals surface area contributed by atoms with Crippen LogP contribution in [0.1, 0.15) is 0 Å². The summed E-state index contributed by atoms with van der Waals surface area (Å²) in [6, 6.07) is 6.33. The van der Waals surface area contributed by atoms with Gasteiger partial charge in [-0.05, 0) is 31.3 Å². The van der Waals surface area contributed by atoms with Gasteiger partial charge in [-0.1, -0.05) is 0 Å². The number of anilines is 1. The SMILES string of the molecule is CNC(CO)CN(C)c1ccc(F)cc1. The van der Waals surface area contributed by atoms with E-state index in [-0.39, 0.29) is 18.5 Å². The molecule has 0 saturated heterocycles. The van der Waals surface area contributed by atoms with Crippen molar-refractivity contribution in [3.63, 3.8) is 0 Å². The predicted octanol–water partition coefficient (Wildman–Crippen LogP) is 0.842. The van der Waals surface area contributed by atoms with Gasteiger partial charge in [0.05, 0.1) is 6.61 Å². The lowest BCUT2D eigenvalue weighted by Gasteiger charge is -2.24. The first-order valence-electron chi connectivity index (χ1n) is 4.92. The van der Waals surface area contributed by atoms with Crippen molar-refractivity contribution >= 4 is 5.69 Å². The molecule has 0 aliphatic heterocycles. The third-order valence-corrected chi connectivity index (χ3v) is 2.39. The number of rotatable bonds is 5. The third kappa shape index (κ3) is 3.49. The molecular weight excluding hydrogens is 195 g/mol. The van der Waals surface area contributed by atoms with Crippen LogP contribution in [0.15, 0.2) is 24.3 Å². The van der Waals surface area contributed by atoms with Crippen molar-refractivity contribution in [2.75, 3.05) is 32.1 Å². The van der Waals surface area contributed by atoms with Crippen molar-refractivity contribution in [2.24, 2.45) is 0 Å². The molecule has 0 radical (unpaired) electrons. The first-order chi connectivity index (χ1) is 7.17. The van der Waals surface area contributed by atoms with E-state index in [0.29, 0.717) is 6.54 Å². The summed E-state index contributed by atoms with van der Waals surface area (Å²) in [4.78, 5) is 1.97. The van der Waals surface area contributed by atoms with Crippen LogP contribution in [0.5, 0.6) is 0 Å². The number of benzene rings is 1. The van der Waals surface area contributed by atoms with E-state index in [2.05, 4.69) is 5.32 Å². The lowest BCUT2D eigenvalue weighted by molar-refractivity contribution is 0.251. The van der Waals surface area contributed by atoms with E-state index in [1.165, 1.54) is 12.1 Å². The average Bonchev–Trinajstić information content (AvgIpc) is 2.26. The van der Waals surface area contributed by atoms with Gasteiger partial charge >= 0.3 is 0 Å². The van der Waals surface area contributed by atoms with Gasteiger partial charge in [-0.3, -0.25) is 0 Å². The zero-order valence-corrected chi connectivity index (χ0v) is 9.07. The minimum Gasteiger partial charge on any atom is -0.395 e. The number of halogens is 1. The second-order valence-electron chi connectivity index (χ2n) is 3.53. The highest BCUT2D eigenvalue weighted by Gasteiger charge is 2.08. The van der Waals surface area contributed by atoms with Crippen molar-refractivity contribution in [2.45, 2.75) is 6.04 Å². The maximum absolute atomic E-state index is 12.7. The van der Waals surface area contributed by atoms with Gasteiger partial charge in [0, 0.05) is 25.3 Å². The topological polar surface area (TPSA) is 35.5 Å². The Bertz CT molecular complexity index is 285. The lowest BCUT2D eigenvalue weighted by Crippen LogP contribution is -2.40. The van der Waals surface area contributed by atoms with Crippen molar-refractivity contribution in [1.82, 2.24) is 5.32 Å². The number of hydrogen-bond donors (Lipinski definition) is 2. The maximum Gasteiger partial charge on any atom is 0.123 e. The van der Waals surface area contributed by atoms with Gasteiger partial charge in [-0.15, -0.1) is 0 Å². The normalized spacial score (nSPS) is 12.5. The molecule has 1 aromatic rings. The summed E-state index contributed by atoms with van der Waals surface area (Å²) in [5.41, 5.74) is 0.935. The van der Waals surface area contributed by atoms with Gasteiger partial charge < -0.3 is 15.3 Å². The van der Waals surface area contributed by atoms with E-state index in [0.717, 1.165) is 5.69 Å². The monoisotopic (exact) mass is 212 g/mol. The number of aliphatic hydroxyl groups excluding tert-OH is 1.